The van der Waals surface area contributed by atoms with Gasteiger partial charge in [-0.15, -0.1) is 0 Å². The van der Waals surface area contributed by atoms with Crippen LogP contribution < -0.4 is 5.73 Å². The number of aromatic nitrogens is 3. The van der Waals surface area contributed by atoms with Crippen molar-refractivity contribution in [3.05, 3.63) is 24.2 Å². The number of nitrogen functional groups attached to an aromatic ring is 1. The largest absolute Gasteiger partial charge is 0.508 e. The fraction of sp³-hybridized carbons (Fsp3) is 0.652. The smallest absolute Gasteiger partial charge is 0.431 e. The predicted octanol–water partition coefficient (Wildman–Crippen LogP) is 1.76. The van der Waals surface area contributed by atoms with E-state index in [9.17, 15) is 20.3 Å². The van der Waals surface area contributed by atoms with Gasteiger partial charge in [0.15, 0.2) is 5.82 Å². The molecule has 11 nitrogen and oxygen atoms in total. The lowest BCUT2D eigenvalue weighted by molar-refractivity contribution is -0.0818. The Kier molecular flexibility index (Phi) is 6.66. The quantitative estimate of drug-likeness (QED) is 0.545. The highest BCUT2D eigenvalue weighted by Crippen LogP contribution is 2.41. The van der Waals surface area contributed by atoms with Crippen molar-refractivity contribution in [2.75, 3.05) is 12.3 Å². The Balaban J connectivity index is 1.46. The average Bonchev–Trinajstić information content (AvgIpc) is 3.34. The van der Waals surface area contributed by atoms with Crippen molar-refractivity contribution in [1.29, 1.82) is 5.26 Å². The van der Waals surface area contributed by atoms with Crippen LogP contribution in [0.25, 0.3) is 5.52 Å². The van der Waals surface area contributed by atoms with E-state index in [4.69, 9.17) is 19.9 Å². The summed E-state index contributed by atoms with van der Waals surface area (Å²) in [7, 11) is 0. The van der Waals surface area contributed by atoms with Gasteiger partial charge in [-0.2, -0.15) is 10.4 Å². The molecule has 11 heteroatoms. The SMILES string of the molecule is CC(C)[C@@H]1CC[C@@H](C)C[C@H]1OC(=O)OC[C@H]1O[C@@](C#N)(c2ccc3c(N)ncnn23)[C@H](O)[C@@H]1O. The highest BCUT2D eigenvalue weighted by Gasteiger charge is 2.58. The van der Waals surface area contributed by atoms with Crippen molar-refractivity contribution in [3.8, 4) is 6.07 Å². The van der Waals surface area contributed by atoms with Crippen molar-refractivity contribution in [2.24, 2.45) is 17.8 Å². The zero-order valence-electron chi connectivity index (χ0n) is 19.5. The Hall–Kier alpha value is -2.94. The Morgan fingerprint density at radius 3 is 2.88 bits per heavy atom. The Morgan fingerprint density at radius 1 is 1.41 bits per heavy atom. The van der Waals surface area contributed by atoms with E-state index in [0.29, 0.717) is 17.4 Å². The molecule has 1 aliphatic carbocycles. The second-order valence-electron chi connectivity index (χ2n) is 9.64. The molecule has 2 aromatic heterocycles. The molecule has 2 aliphatic rings. The first-order valence-electron chi connectivity index (χ1n) is 11.5. The van der Waals surface area contributed by atoms with Crippen LogP contribution in [0, 0.1) is 29.1 Å². The number of carbonyl (C=O) groups excluding carboxylic acids is 1. The Morgan fingerprint density at radius 2 is 2.18 bits per heavy atom. The van der Waals surface area contributed by atoms with Gasteiger partial charge in [-0.3, -0.25) is 0 Å². The third-order valence-electron chi connectivity index (χ3n) is 7.06. The van der Waals surface area contributed by atoms with Crippen molar-refractivity contribution >= 4 is 17.5 Å². The highest BCUT2D eigenvalue weighted by atomic mass is 16.7. The topological polar surface area (TPSA) is 165 Å². The lowest BCUT2D eigenvalue weighted by Crippen LogP contribution is -2.41. The van der Waals surface area contributed by atoms with Gasteiger partial charge in [-0.1, -0.05) is 27.2 Å². The third-order valence-corrected chi connectivity index (χ3v) is 7.06. The van der Waals surface area contributed by atoms with Crippen LogP contribution >= 0.6 is 0 Å². The molecule has 34 heavy (non-hydrogen) atoms. The number of nitrogens with zero attached hydrogens (tertiary/aromatic N) is 4. The number of ether oxygens (including phenoxy) is 3. The van der Waals surface area contributed by atoms with Crippen LogP contribution in [0.4, 0.5) is 10.6 Å². The minimum atomic E-state index is -1.95. The Labute approximate surface area is 197 Å². The summed E-state index contributed by atoms with van der Waals surface area (Å²) in [5.41, 5.74) is 4.50. The van der Waals surface area contributed by atoms with Crippen LogP contribution in [0.2, 0.25) is 0 Å². The molecule has 7 atom stereocenters. The summed E-state index contributed by atoms with van der Waals surface area (Å²) >= 11 is 0. The van der Waals surface area contributed by atoms with E-state index < -0.39 is 36.7 Å². The number of hydrogen-bond acceptors (Lipinski definition) is 10. The summed E-state index contributed by atoms with van der Waals surface area (Å²) in [6.07, 6.45) is -1.32. The number of anilines is 1. The summed E-state index contributed by atoms with van der Waals surface area (Å²) in [6.45, 7) is 5.96. The molecule has 4 N–H and O–H groups in total. The van der Waals surface area contributed by atoms with E-state index in [2.05, 4.69) is 30.9 Å². The summed E-state index contributed by atoms with van der Waals surface area (Å²) in [5, 5.41) is 35.4. The summed E-state index contributed by atoms with van der Waals surface area (Å²) in [5.74, 6) is 1.25. The van der Waals surface area contributed by atoms with Gasteiger partial charge >= 0.3 is 6.16 Å². The van der Waals surface area contributed by atoms with Crippen LogP contribution in [0.5, 0.6) is 0 Å². The first kappa shape index (κ1) is 24.2. The highest BCUT2D eigenvalue weighted by molar-refractivity contribution is 5.66. The van der Waals surface area contributed by atoms with E-state index in [-0.39, 0.29) is 23.5 Å². The second kappa shape index (κ2) is 9.37. The van der Waals surface area contributed by atoms with Crippen molar-refractivity contribution in [2.45, 2.75) is 70.1 Å². The number of aliphatic hydroxyl groups is 2. The van der Waals surface area contributed by atoms with Crippen LogP contribution in [0.15, 0.2) is 18.5 Å². The van der Waals surface area contributed by atoms with Crippen LogP contribution in [-0.2, 0) is 19.8 Å². The van der Waals surface area contributed by atoms with Gasteiger partial charge in [0.1, 0.15) is 48.9 Å². The number of nitriles is 1. The molecule has 4 rings (SSSR count). The number of rotatable bonds is 5. The predicted molar refractivity (Wildman–Crippen MR) is 119 cm³/mol. The van der Waals surface area contributed by atoms with E-state index in [0.717, 1.165) is 19.3 Å². The molecule has 0 bridgehead atoms. The summed E-state index contributed by atoms with van der Waals surface area (Å²) < 4.78 is 18.0. The molecule has 2 aromatic rings. The molecular formula is C23H31N5O6. The van der Waals surface area contributed by atoms with E-state index in [1.807, 2.05) is 6.07 Å². The van der Waals surface area contributed by atoms with Gasteiger partial charge in [0.05, 0.1) is 5.69 Å². The Bertz CT molecular complexity index is 1080. The number of fused-ring (bicyclic) bond motifs is 1. The van der Waals surface area contributed by atoms with E-state index in [1.54, 1.807) is 6.07 Å². The minimum Gasteiger partial charge on any atom is -0.431 e. The fourth-order valence-corrected chi connectivity index (χ4v) is 5.11. The normalized spacial score (nSPS) is 33.7. The van der Waals surface area contributed by atoms with Gasteiger partial charge in [-0.05, 0) is 42.7 Å². The molecule has 0 unspecified atom stereocenters. The van der Waals surface area contributed by atoms with Crippen LogP contribution in [0.1, 0.15) is 45.7 Å². The second-order valence-corrected chi connectivity index (χ2v) is 9.64. The van der Waals surface area contributed by atoms with Gasteiger partial charge in [0.25, 0.3) is 0 Å². The minimum absolute atomic E-state index is 0.173. The molecule has 0 aromatic carbocycles. The third kappa shape index (κ3) is 4.17. The van der Waals surface area contributed by atoms with Crippen molar-refractivity contribution in [3.63, 3.8) is 0 Å². The maximum Gasteiger partial charge on any atom is 0.508 e. The van der Waals surface area contributed by atoms with E-state index in [1.165, 1.54) is 16.9 Å². The monoisotopic (exact) mass is 473 g/mol. The van der Waals surface area contributed by atoms with E-state index >= 15 is 0 Å². The molecule has 2 fully saturated rings. The summed E-state index contributed by atoms with van der Waals surface area (Å²) in [6, 6.07) is 5.06. The van der Waals surface area contributed by atoms with Crippen LogP contribution in [-0.4, -0.2) is 62.0 Å². The standard InChI is InChI=1S/C23H31N5O6/c1-12(2)14-5-4-13(3)8-16(14)33-22(31)32-9-17-19(29)20(30)23(10-24,34-17)18-7-6-15-21(25)26-11-27-28(15)18/h6-7,11-14,16-17,19-20,29-30H,4-5,8-9H2,1-3H3,(H2,25,26,27)/t13-,14+,16-,17-,19-,20-,23+/m1/s1. The van der Waals surface area contributed by atoms with Crippen LogP contribution in [0.3, 0.4) is 0 Å². The first-order valence-corrected chi connectivity index (χ1v) is 11.5. The number of nitrogens with two attached hydrogens (primary N) is 1. The molecular weight excluding hydrogens is 442 g/mol. The van der Waals surface area contributed by atoms with Gasteiger partial charge in [0.2, 0.25) is 5.60 Å². The number of carbonyl (C=O) groups is 1. The molecule has 0 amide bonds. The average molecular weight is 474 g/mol. The first-order chi connectivity index (χ1) is 16.2. The number of hydrogen-bond donors (Lipinski definition) is 3. The molecule has 1 saturated heterocycles. The molecule has 0 spiro atoms. The van der Waals surface area contributed by atoms with Gasteiger partial charge < -0.3 is 30.2 Å². The molecule has 1 saturated carbocycles. The van der Waals surface area contributed by atoms with Gasteiger partial charge in [-0.25, -0.2) is 14.3 Å². The summed E-state index contributed by atoms with van der Waals surface area (Å²) in [4.78, 5) is 16.4. The maximum atomic E-state index is 12.5. The molecule has 184 valence electrons. The van der Waals surface area contributed by atoms with Crippen molar-refractivity contribution in [1.82, 2.24) is 14.6 Å². The zero-order chi connectivity index (χ0) is 24.6. The molecule has 0 radical (unpaired) electrons. The molecule has 1 aliphatic heterocycles. The van der Waals surface area contributed by atoms with Crippen molar-refractivity contribution < 1.29 is 29.2 Å². The van der Waals surface area contributed by atoms with Gasteiger partial charge in [0, 0.05) is 0 Å². The molecule has 3 heterocycles. The fourth-order valence-electron chi connectivity index (χ4n) is 5.11. The number of aliphatic hydroxyl groups excluding tert-OH is 2. The zero-order valence-corrected chi connectivity index (χ0v) is 19.5. The lowest BCUT2D eigenvalue weighted by atomic mass is 9.75. The lowest BCUT2D eigenvalue weighted by Gasteiger charge is -2.36. The maximum absolute atomic E-state index is 12.5.